The largest absolute Gasteiger partial charge is 0.486 e. The molecular weight excluding hydrogens is 611 g/mol. The van der Waals surface area contributed by atoms with Crippen LogP contribution in [0.1, 0.15) is 50.3 Å². The van der Waals surface area contributed by atoms with Gasteiger partial charge in [-0.1, -0.05) is 29.8 Å². The van der Waals surface area contributed by atoms with Crippen molar-refractivity contribution in [3.8, 4) is 11.6 Å². The molecule has 232 valence electrons. The Morgan fingerprint density at radius 3 is 2.63 bits per heavy atom. The van der Waals surface area contributed by atoms with Gasteiger partial charge in [-0.25, -0.2) is 8.42 Å². The van der Waals surface area contributed by atoms with Crippen LogP contribution in [0.15, 0.2) is 47.5 Å². The smallest absolute Gasteiger partial charge is 0.417 e. The third-order valence-electron chi connectivity index (χ3n) is 6.78. The number of hydrogen-bond donors (Lipinski definition) is 0. The van der Waals surface area contributed by atoms with Crippen LogP contribution in [0, 0.1) is 0 Å². The predicted molar refractivity (Wildman–Crippen MR) is 156 cm³/mol. The molecule has 1 atom stereocenters. The maximum absolute atomic E-state index is 14.2. The molecule has 0 unspecified atom stereocenters. The van der Waals surface area contributed by atoms with Gasteiger partial charge >= 0.3 is 12.1 Å². The Labute approximate surface area is 252 Å². The zero-order chi connectivity index (χ0) is 31.5. The molecule has 0 radical (unpaired) electrons. The van der Waals surface area contributed by atoms with Crippen molar-refractivity contribution < 1.29 is 40.6 Å². The predicted octanol–water partition coefficient (Wildman–Crippen LogP) is 6.44. The lowest BCUT2D eigenvalue weighted by atomic mass is 9.98. The number of fused-ring (bicyclic) bond motifs is 1. The number of esters is 1. The summed E-state index contributed by atoms with van der Waals surface area (Å²) in [6.45, 7) is 5.43. The number of ether oxygens (including phenoxy) is 3. The van der Waals surface area contributed by atoms with Crippen LogP contribution in [-0.2, 0) is 32.3 Å². The number of hydrogen-bond acceptors (Lipinski definition) is 7. The molecule has 0 saturated carbocycles. The standard InChI is InChI=1S/C29H31ClF3N3O6S/c1-5-35-17-25(28(34-35)41-6-2)43(38,39)36-16-20(11-13-26(37)40-4)42-24-12-10-19(15-23(24)36)14-18(3)27-21(29(31,32)33)8-7-9-22(27)30/h7-10,12,14-15,17,20H,5-6,11,13,16H2,1-4H3/b18-14+/t20-/m0/s1. The van der Waals surface area contributed by atoms with E-state index in [2.05, 4.69) is 5.10 Å². The van der Waals surface area contributed by atoms with E-state index in [0.717, 1.165) is 10.4 Å². The molecule has 0 spiro atoms. The molecule has 4 rings (SSSR count). The van der Waals surface area contributed by atoms with Gasteiger partial charge in [0.25, 0.3) is 15.9 Å². The van der Waals surface area contributed by atoms with Crippen LogP contribution in [0.5, 0.6) is 11.6 Å². The van der Waals surface area contributed by atoms with E-state index in [1.165, 1.54) is 55.3 Å². The first-order chi connectivity index (χ1) is 20.3. The molecule has 14 heteroatoms. The number of methoxy groups -OCH3 is 1. The Kier molecular flexibility index (Phi) is 9.65. The highest BCUT2D eigenvalue weighted by Gasteiger charge is 2.38. The Morgan fingerprint density at radius 1 is 1.23 bits per heavy atom. The van der Waals surface area contributed by atoms with E-state index in [9.17, 15) is 26.4 Å². The van der Waals surface area contributed by atoms with Crippen molar-refractivity contribution in [1.29, 1.82) is 0 Å². The number of anilines is 1. The molecule has 1 aliphatic rings. The molecule has 0 saturated heterocycles. The molecule has 0 N–H and O–H groups in total. The quantitative estimate of drug-likeness (QED) is 0.185. The van der Waals surface area contributed by atoms with E-state index in [4.69, 9.17) is 25.8 Å². The molecule has 9 nitrogen and oxygen atoms in total. The summed E-state index contributed by atoms with van der Waals surface area (Å²) >= 11 is 6.19. The Morgan fingerprint density at radius 2 is 1.98 bits per heavy atom. The zero-order valence-electron chi connectivity index (χ0n) is 23.9. The molecule has 0 aliphatic carbocycles. The van der Waals surface area contributed by atoms with E-state index in [1.807, 2.05) is 0 Å². The van der Waals surface area contributed by atoms with Gasteiger partial charge in [0.05, 0.1) is 31.5 Å². The number of nitrogens with zero attached hydrogens (tertiary/aromatic N) is 3. The first-order valence-electron chi connectivity index (χ1n) is 13.4. The summed E-state index contributed by atoms with van der Waals surface area (Å²) in [6.07, 6.45) is -2.28. The number of aromatic nitrogens is 2. The monoisotopic (exact) mass is 641 g/mol. The maximum atomic E-state index is 14.2. The topological polar surface area (TPSA) is 100.0 Å². The summed E-state index contributed by atoms with van der Waals surface area (Å²) in [5, 5.41) is 4.16. The highest BCUT2D eigenvalue weighted by Crippen LogP contribution is 2.42. The lowest BCUT2D eigenvalue weighted by Crippen LogP contribution is -2.43. The lowest BCUT2D eigenvalue weighted by Gasteiger charge is -2.35. The van der Waals surface area contributed by atoms with Gasteiger partial charge in [-0.05, 0) is 62.6 Å². The van der Waals surface area contributed by atoms with Crippen LogP contribution in [0.4, 0.5) is 18.9 Å². The minimum atomic E-state index is -4.63. The first-order valence-corrected chi connectivity index (χ1v) is 15.3. The normalized spacial score (nSPS) is 15.6. The number of carbonyl (C=O) groups excluding carboxylic acids is 1. The summed E-state index contributed by atoms with van der Waals surface area (Å²) in [5.74, 6) is -0.316. The Bertz CT molecular complexity index is 1640. The van der Waals surface area contributed by atoms with Gasteiger partial charge in [-0.2, -0.15) is 13.2 Å². The number of sulfonamides is 1. The van der Waals surface area contributed by atoms with Gasteiger partial charge in [0, 0.05) is 29.7 Å². The minimum Gasteiger partial charge on any atom is -0.486 e. The van der Waals surface area contributed by atoms with Crippen LogP contribution in [0.2, 0.25) is 5.02 Å². The fourth-order valence-electron chi connectivity index (χ4n) is 4.74. The molecule has 2 heterocycles. The summed E-state index contributed by atoms with van der Waals surface area (Å²) in [6, 6.07) is 8.21. The molecule has 0 bridgehead atoms. The number of aryl methyl sites for hydroxylation is 1. The SMILES string of the molecule is CCOc1nn(CC)cc1S(=O)(=O)N1C[C@H](CCC(=O)OC)Oc2ccc(/C=C(\C)c3c(Cl)cccc3C(F)(F)F)cc21. The van der Waals surface area contributed by atoms with Crippen molar-refractivity contribution in [2.24, 2.45) is 0 Å². The maximum Gasteiger partial charge on any atom is 0.417 e. The second kappa shape index (κ2) is 12.9. The van der Waals surface area contributed by atoms with Gasteiger partial charge in [-0.3, -0.25) is 13.8 Å². The van der Waals surface area contributed by atoms with Gasteiger partial charge < -0.3 is 14.2 Å². The molecule has 1 aliphatic heterocycles. The summed E-state index contributed by atoms with van der Waals surface area (Å²) in [7, 11) is -3.03. The minimum absolute atomic E-state index is 0.00173. The highest BCUT2D eigenvalue weighted by atomic mass is 35.5. The molecular formula is C29H31ClF3N3O6S. The summed E-state index contributed by atoms with van der Waals surface area (Å²) in [5.41, 5.74) is -0.258. The number of allylic oxidation sites excluding steroid dienone is 1. The van der Waals surface area contributed by atoms with Crippen molar-refractivity contribution >= 4 is 44.9 Å². The third kappa shape index (κ3) is 6.93. The lowest BCUT2D eigenvalue weighted by molar-refractivity contribution is -0.141. The van der Waals surface area contributed by atoms with Crippen LogP contribution in [-0.4, -0.2) is 50.5 Å². The third-order valence-corrected chi connectivity index (χ3v) is 8.86. The van der Waals surface area contributed by atoms with Crippen molar-refractivity contribution in [1.82, 2.24) is 9.78 Å². The zero-order valence-corrected chi connectivity index (χ0v) is 25.5. The van der Waals surface area contributed by atoms with Crippen molar-refractivity contribution in [2.75, 3.05) is 24.6 Å². The molecule has 1 aromatic heterocycles. The van der Waals surface area contributed by atoms with E-state index in [0.29, 0.717) is 12.1 Å². The number of benzene rings is 2. The number of halogens is 4. The molecule has 43 heavy (non-hydrogen) atoms. The Hall–Kier alpha value is -3.71. The van der Waals surface area contributed by atoms with Crippen molar-refractivity contribution in [3.05, 3.63) is 64.3 Å². The summed E-state index contributed by atoms with van der Waals surface area (Å²) in [4.78, 5) is 11.6. The van der Waals surface area contributed by atoms with Crippen LogP contribution >= 0.6 is 11.6 Å². The fraction of sp³-hybridized carbons (Fsp3) is 0.379. The van der Waals surface area contributed by atoms with E-state index in [1.54, 1.807) is 19.9 Å². The van der Waals surface area contributed by atoms with Gasteiger partial charge in [-0.15, -0.1) is 5.10 Å². The highest BCUT2D eigenvalue weighted by molar-refractivity contribution is 7.93. The van der Waals surface area contributed by atoms with Gasteiger partial charge in [0.15, 0.2) is 4.90 Å². The van der Waals surface area contributed by atoms with Gasteiger partial charge in [0.1, 0.15) is 11.9 Å². The van der Waals surface area contributed by atoms with Crippen LogP contribution < -0.4 is 13.8 Å². The Balaban J connectivity index is 1.82. The van der Waals surface area contributed by atoms with Crippen LogP contribution in [0.3, 0.4) is 0 Å². The summed E-state index contributed by atoms with van der Waals surface area (Å²) < 4.78 is 88.5. The average molecular weight is 642 g/mol. The number of alkyl halides is 3. The molecule has 2 aromatic carbocycles. The van der Waals surface area contributed by atoms with E-state index >= 15 is 0 Å². The van der Waals surface area contributed by atoms with Crippen molar-refractivity contribution in [3.63, 3.8) is 0 Å². The van der Waals surface area contributed by atoms with Crippen molar-refractivity contribution in [2.45, 2.75) is 57.3 Å². The molecule has 3 aromatic rings. The van der Waals surface area contributed by atoms with E-state index in [-0.39, 0.29) is 64.4 Å². The molecule has 0 amide bonds. The second-order valence-electron chi connectivity index (χ2n) is 9.69. The van der Waals surface area contributed by atoms with E-state index < -0.39 is 33.8 Å². The first kappa shape index (κ1) is 32.2. The average Bonchev–Trinajstić information content (AvgIpc) is 3.39. The fourth-order valence-corrected chi connectivity index (χ4v) is 6.64. The van der Waals surface area contributed by atoms with Crippen LogP contribution in [0.25, 0.3) is 11.6 Å². The second-order valence-corrected chi connectivity index (χ2v) is 11.9. The van der Waals surface area contributed by atoms with Gasteiger partial charge in [0.2, 0.25) is 0 Å². The number of carbonyl (C=O) groups is 1. The molecule has 0 fully saturated rings. The number of rotatable bonds is 10.